The first-order valence-electron chi connectivity index (χ1n) is 8.01. The Labute approximate surface area is 130 Å². The molecule has 0 saturated carbocycles. The number of hydrogen-bond donors (Lipinski definition) is 1. The quantitative estimate of drug-likeness (QED) is 0.873. The van der Waals surface area contributed by atoms with Gasteiger partial charge in [-0.1, -0.05) is 34.6 Å². The highest BCUT2D eigenvalue weighted by Gasteiger charge is 2.28. The van der Waals surface area contributed by atoms with Gasteiger partial charge in [0.15, 0.2) is 0 Å². The number of aryl methyl sites for hydroxylation is 2. The number of hydrogen-bond acceptors (Lipinski definition) is 3. The van der Waals surface area contributed by atoms with Crippen molar-refractivity contribution in [3.63, 3.8) is 0 Å². The predicted octanol–water partition coefficient (Wildman–Crippen LogP) is 3.34. The van der Waals surface area contributed by atoms with Crippen LogP contribution in [0.3, 0.4) is 0 Å². The average molecular weight is 294 g/mol. The molecule has 21 heavy (non-hydrogen) atoms. The van der Waals surface area contributed by atoms with Crippen molar-refractivity contribution in [2.24, 2.45) is 18.4 Å². The molecule has 0 amide bonds. The van der Waals surface area contributed by atoms with Gasteiger partial charge in [-0.2, -0.15) is 5.10 Å². The standard InChI is InChI=1S/C17H34N4/c1-12(2)10-18-11-15-13(3)19-21(9)16(15)20(8)14(4)17(5,6)7/h12,14,18H,10-11H2,1-9H3. The second kappa shape index (κ2) is 6.82. The Kier molecular flexibility index (Phi) is 5.85. The zero-order valence-electron chi connectivity index (χ0n) is 15.4. The van der Waals surface area contributed by atoms with Gasteiger partial charge in [-0.25, -0.2) is 0 Å². The van der Waals surface area contributed by atoms with Crippen molar-refractivity contribution >= 4 is 5.82 Å². The van der Waals surface area contributed by atoms with Gasteiger partial charge in [0, 0.05) is 32.2 Å². The summed E-state index contributed by atoms with van der Waals surface area (Å²) in [6.45, 7) is 17.6. The SMILES string of the molecule is Cc1nn(C)c(N(C)C(C)C(C)(C)C)c1CNCC(C)C. The average Bonchev–Trinajstić information content (AvgIpc) is 2.61. The smallest absolute Gasteiger partial charge is 0.131 e. The van der Waals surface area contributed by atoms with Crippen molar-refractivity contribution in [2.45, 2.75) is 61.1 Å². The first-order valence-corrected chi connectivity index (χ1v) is 8.01. The lowest BCUT2D eigenvalue weighted by molar-refractivity contribution is 0.326. The van der Waals surface area contributed by atoms with Crippen molar-refractivity contribution in [2.75, 3.05) is 18.5 Å². The van der Waals surface area contributed by atoms with Gasteiger partial charge in [0.2, 0.25) is 0 Å². The zero-order valence-corrected chi connectivity index (χ0v) is 15.4. The third-order valence-electron chi connectivity index (χ3n) is 4.34. The third-order valence-corrected chi connectivity index (χ3v) is 4.34. The van der Waals surface area contributed by atoms with Gasteiger partial charge in [-0.15, -0.1) is 0 Å². The fourth-order valence-electron chi connectivity index (χ4n) is 2.59. The van der Waals surface area contributed by atoms with E-state index in [4.69, 9.17) is 0 Å². The van der Waals surface area contributed by atoms with Crippen LogP contribution in [0.15, 0.2) is 0 Å². The minimum atomic E-state index is 0.232. The summed E-state index contributed by atoms with van der Waals surface area (Å²) in [6, 6.07) is 0.441. The maximum Gasteiger partial charge on any atom is 0.131 e. The molecule has 0 aliphatic heterocycles. The highest BCUT2D eigenvalue weighted by molar-refractivity contribution is 5.50. The predicted molar refractivity (Wildman–Crippen MR) is 91.8 cm³/mol. The Balaban J connectivity index is 3.00. The topological polar surface area (TPSA) is 33.1 Å². The molecule has 0 aliphatic carbocycles. The van der Waals surface area contributed by atoms with Crippen LogP contribution in [-0.4, -0.2) is 29.4 Å². The summed E-state index contributed by atoms with van der Waals surface area (Å²) in [5, 5.41) is 8.18. The highest BCUT2D eigenvalue weighted by Crippen LogP contribution is 2.30. The molecule has 1 atom stereocenters. The van der Waals surface area contributed by atoms with Crippen LogP contribution in [-0.2, 0) is 13.6 Å². The summed E-state index contributed by atoms with van der Waals surface area (Å²) in [6.07, 6.45) is 0. The first-order chi connectivity index (χ1) is 9.55. The molecule has 1 rings (SSSR count). The molecule has 1 aromatic rings. The molecule has 0 radical (unpaired) electrons. The lowest BCUT2D eigenvalue weighted by atomic mass is 9.87. The molecule has 1 unspecified atom stereocenters. The number of nitrogens with one attached hydrogen (secondary N) is 1. The molecule has 0 fully saturated rings. The van der Waals surface area contributed by atoms with Crippen molar-refractivity contribution < 1.29 is 0 Å². The van der Waals surface area contributed by atoms with Gasteiger partial charge in [-0.05, 0) is 31.7 Å². The minimum absolute atomic E-state index is 0.232. The van der Waals surface area contributed by atoms with Crippen molar-refractivity contribution in [3.8, 4) is 0 Å². The van der Waals surface area contributed by atoms with Gasteiger partial charge >= 0.3 is 0 Å². The van der Waals surface area contributed by atoms with Crippen LogP contribution in [0.2, 0.25) is 0 Å². The molecule has 122 valence electrons. The summed E-state index contributed by atoms with van der Waals surface area (Å²) in [7, 11) is 4.22. The van der Waals surface area contributed by atoms with E-state index in [-0.39, 0.29) is 5.41 Å². The van der Waals surface area contributed by atoms with E-state index in [9.17, 15) is 0 Å². The number of aromatic nitrogens is 2. The first kappa shape index (κ1) is 18.0. The van der Waals surface area contributed by atoms with Crippen molar-refractivity contribution in [1.82, 2.24) is 15.1 Å². The van der Waals surface area contributed by atoms with Crippen LogP contribution in [0.4, 0.5) is 5.82 Å². The van der Waals surface area contributed by atoms with Crippen LogP contribution in [0.5, 0.6) is 0 Å². The number of rotatable bonds is 6. The minimum Gasteiger partial charge on any atom is -0.356 e. The van der Waals surface area contributed by atoms with Crippen LogP contribution < -0.4 is 10.2 Å². The monoisotopic (exact) mass is 294 g/mol. The summed E-state index contributed by atoms with van der Waals surface area (Å²) in [4.78, 5) is 2.37. The molecule has 0 bridgehead atoms. The fraction of sp³-hybridized carbons (Fsp3) is 0.824. The maximum absolute atomic E-state index is 4.63. The summed E-state index contributed by atoms with van der Waals surface area (Å²) < 4.78 is 2.02. The number of anilines is 1. The van der Waals surface area contributed by atoms with Crippen molar-refractivity contribution in [3.05, 3.63) is 11.3 Å². The van der Waals surface area contributed by atoms with E-state index in [2.05, 4.69) is 70.8 Å². The van der Waals surface area contributed by atoms with Crippen LogP contribution in [0.25, 0.3) is 0 Å². The zero-order chi connectivity index (χ0) is 16.4. The second-order valence-corrected chi connectivity index (χ2v) is 7.69. The molecule has 1 N–H and O–H groups in total. The largest absolute Gasteiger partial charge is 0.356 e. The molecule has 0 spiro atoms. The van der Waals surface area contributed by atoms with E-state index in [1.807, 2.05) is 11.7 Å². The van der Waals surface area contributed by atoms with Gasteiger partial charge < -0.3 is 10.2 Å². The second-order valence-electron chi connectivity index (χ2n) is 7.69. The molecule has 0 aliphatic rings. The lowest BCUT2D eigenvalue weighted by Gasteiger charge is -2.37. The Morgan fingerprint density at radius 3 is 2.29 bits per heavy atom. The Hall–Kier alpha value is -1.03. The molecular formula is C17H34N4. The van der Waals surface area contributed by atoms with E-state index < -0.39 is 0 Å². The van der Waals surface area contributed by atoms with E-state index in [0.29, 0.717) is 12.0 Å². The molecule has 4 nitrogen and oxygen atoms in total. The third kappa shape index (κ3) is 4.47. The molecular weight excluding hydrogens is 260 g/mol. The van der Waals surface area contributed by atoms with Gasteiger partial charge in [0.05, 0.1) is 5.69 Å². The van der Waals surface area contributed by atoms with Crippen LogP contribution >= 0.6 is 0 Å². The van der Waals surface area contributed by atoms with Gasteiger partial charge in [-0.3, -0.25) is 4.68 Å². The normalized spacial score (nSPS) is 13.8. The van der Waals surface area contributed by atoms with E-state index in [0.717, 1.165) is 18.8 Å². The molecule has 0 aromatic carbocycles. The molecule has 4 heteroatoms. The van der Waals surface area contributed by atoms with Gasteiger partial charge in [0.1, 0.15) is 5.82 Å². The molecule has 0 saturated heterocycles. The Morgan fingerprint density at radius 1 is 1.24 bits per heavy atom. The summed E-state index contributed by atoms with van der Waals surface area (Å²) in [5.41, 5.74) is 2.67. The summed E-state index contributed by atoms with van der Waals surface area (Å²) >= 11 is 0. The number of nitrogens with zero attached hydrogens (tertiary/aromatic N) is 3. The van der Waals surface area contributed by atoms with E-state index in [1.165, 1.54) is 11.4 Å². The molecule has 1 heterocycles. The van der Waals surface area contributed by atoms with E-state index >= 15 is 0 Å². The Bertz CT molecular complexity index is 454. The summed E-state index contributed by atoms with van der Waals surface area (Å²) in [5.74, 6) is 1.89. The van der Waals surface area contributed by atoms with Crippen molar-refractivity contribution in [1.29, 1.82) is 0 Å². The highest BCUT2D eigenvalue weighted by atomic mass is 15.4. The Morgan fingerprint density at radius 2 is 1.81 bits per heavy atom. The fourth-order valence-corrected chi connectivity index (χ4v) is 2.59. The lowest BCUT2D eigenvalue weighted by Crippen LogP contribution is -2.41. The van der Waals surface area contributed by atoms with Crippen LogP contribution in [0, 0.1) is 18.3 Å². The molecule has 1 aromatic heterocycles. The van der Waals surface area contributed by atoms with Gasteiger partial charge in [0.25, 0.3) is 0 Å². The van der Waals surface area contributed by atoms with Crippen LogP contribution in [0.1, 0.15) is 52.8 Å². The van der Waals surface area contributed by atoms with E-state index in [1.54, 1.807) is 0 Å². The maximum atomic E-state index is 4.63.